The van der Waals surface area contributed by atoms with E-state index in [0.717, 1.165) is 17.3 Å². The zero-order valence-corrected chi connectivity index (χ0v) is 20.0. The van der Waals surface area contributed by atoms with E-state index in [9.17, 15) is 14.9 Å². The number of thioether (sulfide) groups is 1. The van der Waals surface area contributed by atoms with E-state index in [0.29, 0.717) is 20.7 Å². The maximum Gasteiger partial charge on any atom is 0.353 e. The third-order valence-electron chi connectivity index (χ3n) is 3.75. The van der Waals surface area contributed by atoms with Gasteiger partial charge in [0.05, 0.1) is 12.1 Å². The Hall–Kier alpha value is -2.91. The monoisotopic (exact) mass is 506 g/mol. The molecule has 12 heteroatoms. The Balaban J connectivity index is 1.82. The molecule has 0 aliphatic heterocycles. The molecule has 8 nitrogen and oxygen atoms in total. The maximum atomic E-state index is 12.5. The van der Waals surface area contributed by atoms with E-state index < -0.39 is 11.9 Å². The van der Waals surface area contributed by atoms with Crippen molar-refractivity contribution in [2.45, 2.75) is 12.1 Å². The average molecular weight is 507 g/mol. The summed E-state index contributed by atoms with van der Waals surface area (Å²) in [5, 5.41) is 14.7. The summed E-state index contributed by atoms with van der Waals surface area (Å²) in [4.78, 5) is 29.3. The molecule has 0 atom stereocenters. The number of nitrogens with one attached hydrogen (secondary N) is 1. The molecule has 1 amide bonds. The van der Waals surface area contributed by atoms with E-state index >= 15 is 0 Å². The Morgan fingerprint density at radius 1 is 1.41 bits per heavy atom. The SMILES string of the molecule is CCSc1nsc(NC(=O)C(C#N)=Cc2cc(Cl)c(OC(=O)c3cccs3)c(OC)c2)n1. The molecule has 0 saturated carbocycles. The molecule has 0 unspecified atom stereocenters. The largest absolute Gasteiger partial charge is 0.493 e. The van der Waals surface area contributed by atoms with Crippen LogP contribution in [0.3, 0.4) is 0 Å². The Labute approximate surface area is 201 Å². The summed E-state index contributed by atoms with van der Waals surface area (Å²) in [6.07, 6.45) is 1.34. The van der Waals surface area contributed by atoms with Gasteiger partial charge in [-0.25, -0.2) is 4.79 Å². The number of hydrogen-bond donors (Lipinski definition) is 1. The number of benzene rings is 1. The Morgan fingerprint density at radius 3 is 2.88 bits per heavy atom. The van der Waals surface area contributed by atoms with Gasteiger partial charge in [0.15, 0.2) is 11.5 Å². The van der Waals surface area contributed by atoms with Gasteiger partial charge in [-0.3, -0.25) is 10.1 Å². The van der Waals surface area contributed by atoms with Crippen molar-refractivity contribution in [1.29, 1.82) is 5.26 Å². The number of nitrogens with zero attached hydrogens (tertiary/aromatic N) is 3. The molecule has 2 heterocycles. The number of aromatic nitrogens is 2. The topological polar surface area (TPSA) is 114 Å². The van der Waals surface area contributed by atoms with Crippen molar-refractivity contribution in [2.24, 2.45) is 0 Å². The normalized spacial score (nSPS) is 11.0. The number of ether oxygens (including phenoxy) is 2. The van der Waals surface area contributed by atoms with Gasteiger partial charge in [0, 0.05) is 11.5 Å². The number of nitriles is 1. The van der Waals surface area contributed by atoms with Crippen LogP contribution in [-0.2, 0) is 4.79 Å². The van der Waals surface area contributed by atoms with Crippen LogP contribution in [0.5, 0.6) is 11.5 Å². The van der Waals surface area contributed by atoms with Crippen molar-refractivity contribution >= 4 is 69.3 Å². The number of thiophene rings is 1. The molecule has 32 heavy (non-hydrogen) atoms. The van der Waals surface area contributed by atoms with E-state index in [1.165, 1.54) is 48.4 Å². The minimum atomic E-state index is -0.639. The van der Waals surface area contributed by atoms with Gasteiger partial charge in [-0.2, -0.15) is 14.6 Å². The number of carbonyl (C=O) groups is 2. The van der Waals surface area contributed by atoms with E-state index in [2.05, 4.69) is 14.7 Å². The van der Waals surface area contributed by atoms with Crippen LogP contribution in [0.1, 0.15) is 22.2 Å². The first-order chi connectivity index (χ1) is 15.4. The Kier molecular flexibility index (Phi) is 8.24. The van der Waals surface area contributed by atoms with Crippen LogP contribution in [-0.4, -0.2) is 34.1 Å². The van der Waals surface area contributed by atoms with Gasteiger partial charge in [0.25, 0.3) is 5.91 Å². The van der Waals surface area contributed by atoms with Crippen LogP contribution >= 0.6 is 46.2 Å². The molecule has 0 saturated heterocycles. The summed E-state index contributed by atoms with van der Waals surface area (Å²) in [7, 11) is 1.39. The standard InChI is InChI=1S/C20H15ClN4O4S3/c1-3-30-20-24-19(32-25-20)23-17(26)12(10-22)7-11-8-13(21)16(14(9-11)28-2)29-18(27)15-5-4-6-31-15/h4-9H,3H2,1-2H3,(H,23,24,25,26). The maximum absolute atomic E-state index is 12.5. The summed E-state index contributed by atoms with van der Waals surface area (Å²) in [6.45, 7) is 1.97. The lowest BCUT2D eigenvalue weighted by atomic mass is 10.1. The van der Waals surface area contributed by atoms with Gasteiger partial charge in [-0.15, -0.1) is 11.3 Å². The lowest BCUT2D eigenvalue weighted by Crippen LogP contribution is -2.13. The van der Waals surface area contributed by atoms with E-state index in [-0.39, 0.29) is 22.1 Å². The van der Waals surface area contributed by atoms with Crippen LogP contribution in [0.25, 0.3) is 6.08 Å². The van der Waals surface area contributed by atoms with Crippen molar-refractivity contribution in [1.82, 2.24) is 9.36 Å². The second-order valence-corrected chi connectivity index (χ2v) is 9.18. The molecule has 0 radical (unpaired) electrons. The first kappa shape index (κ1) is 23.7. The molecule has 0 aliphatic carbocycles. The zero-order chi connectivity index (χ0) is 23.1. The highest BCUT2D eigenvalue weighted by Gasteiger charge is 2.19. The minimum Gasteiger partial charge on any atom is -0.493 e. The first-order valence-electron chi connectivity index (χ1n) is 8.98. The fourth-order valence-electron chi connectivity index (χ4n) is 2.39. The third kappa shape index (κ3) is 5.86. The number of anilines is 1. The van der Waals surface area contributed by atoms with Crippen molar-refractivity contribution in [2.75, 3.05) is 18.2 Å². The summed E-state index contributed by atoms with van der Waals surface area (Å²) in [5.41, 5.74) is 0.236. The van der Waals surface area contributed by atoms with Gasteiger partial charge in [-0.1, -0.05) is 36.4 Å². The van der Waals surface area contributed by atoms with Gasteiger partial charge < -0.3 is 9.47 Å². The molecule has 2 aromatic heterocycles. The van der Waals surface area contributed by atoms with E-state index in [1.807, 2.05) is 13.0 Å². The third-order valence-corrected chi connectivity index (χ3v) is 6.35. The van der Waals surface area contributed by atoms with Gasteiger partial charge >= 0.3 is 5.97 Å². The van der Waals surface area contributed by atoms with Crippen molar-refractivity contribution in [3.8, 4) is 17.6 Å². The lowest BCUT2D eigenvalue weighted by molar-refractivity contribution is -0.112. The highest BCUT2D eigenvalue weighted by molar-refractivity contribution is 7.99. The first-order valence-corrected chi connectivity index (χ1v) is 12.0. The second kappa shape index (κ2) is 11.1. The van der Waals surface area contributed by atoms with Crippen molar-refractivity contribution in [3.63, 3.8) is 0 Å². The molecule has 1 N–H and O–H groups in total. The summed E-state index contributed by atoms with van der Waals surface area (Å²) < 4.78 is 14.8. The van der Waals surface area contributed by atoms with Crippen molar-refractivity contribution in [3.05, 3.63) is 50.7 Å². The van der Waals surface area contributed by atoms with Crippen LogP contribution in [0.15, 0.2) is 40.4 Å². The molecule has 0 aliphatic rings. The number of carbonyl (C=O) groups excluding carboxylic acids is 2. The minimum absolute atomic E-state index is 0.0440. The molecule has 0 bridgehead atoms. The smallest absolute Gasteiger partial charge is 0.353 e. The number of hydrogen-bond acceptors (Lipinski definition) is 10. The predicted octanol–water partition coefficient (Wildman–Crippen LogP) is 5.14. The number of amides is 1. The van der Waals surface area contributed by atoms with Gasteiger partial charge in [0.2, 0.25) is 10.3 Å². The fourth-order valence-corrected chi connectivity index (χ4v) is 4.51. The summed E-state index contributed by atoms with van der Waals surface area (Å²) >= 11 is 10.0. The van der Waals surface area contributed by atoms with E-state index in [1.54, 1.807) is 17.5 Å². The quantitative estimate of drug-likeness (QED) is 0.147. The Bertz CT molecular complexity index is 1200. The average Bonchev–Trinajstić information content (AvgIpc) is 3.46. The van der Waals surface area contributed by atoms with Crippen LogP contribution in [0.2, 0.25) is 5.02 Å². The highest BCUT2D eigenvalue weighted by Crippen LogP contribution is 2.37. The van der Waals surface area contributed by atoms with Gasteiger partial charge in [0.1, 0.15) is 16.5 Å². The van der Waals surface area contributed by atoms with Crippen LogP contribution < -0.4 is 14.8 Å². The van der Waals surface area contributed by atoms with Gasteiger partial charge in [-0.05, 0) is 41.0 Å². The molecule has 1 aromatic carbocycles. The summed E-state index contributed by atoms with van der Waals surface area (Å²) in [6, 6.07) is 8.19. The molecule has 164 valence electrons. The van der Waals surface area contributed by atoms with E-state index in [4.69, 9.17) is 21.1 Å². The number of rotatable bonds is 8. The molecule has 0 fully saturated rings. The number of esters is 1. The lowest BCUT2D eigenvalue weighted by Gasteiger charge is -2.11. The fraction of sp³-hybridized carbons (Fsp3) is 0.150. The number of halogens is 1. The van der Waals surface area contributed by atoms with Crippen molar-refractivity contribution < 1.29 is 19.1 Å². The molecule has 0 spiro atoms. The second-order valence-electron chi connectivity index (χ2n) is 5.84. The number of methoxy groups -OCH3 is 1. The highest BCUT2D eigenvalue weighted by atomic mass is 35.5. The molecular formula is C20H15ClN4O4S3. The van der Waals surface area contributed by atoms with Crippen LogP contribution in [0.4, 0.5) is 5.13 Å². The predicted molar refractivity (Wildman–Crippen MR) is 126 cm³/mol. The molecule has 3 rings (SSSR count). The molecular weight excluding hydrogens is 492 g/mol. The summed E-state index contributed by atoms with van der Waals surface area (Å²) in [5.74, 6) is -0.188. The molecule has 3 aromatic rings. The Morgan fingerprint density at radius 2 is 2.22 bits per heavy atom. The van der Waals surface area contributed by atoms with Crippen LogP contribution in [0, 0.1) is 11.3 Å². The zero-order valence-electron chi connectivity index (χ0n) is 16.7.